The fourth-order valence-corrected chi connectivity index (χ4v) is 5.87. The van der Waals surface area contributed by atoms with Gasteiger partial charge in [-0.15, -0.1) is 18.3 Å². The minimum atomic E-state index is -4.75. The van der Waals surface area contributed by atoms with Crippen LogP contribution in [0.4, 0.5) is 23.7 Å². The monoisotopic (exact) mass is 606 g/mol. The van der Waals surface area contributed by atoms with Crippen LogP contribution in [0, 0.1) is 20.8 Å². The summed E-state index contributed by atoms with van der Waals surface area (Å²) in [6, 6.07) is 16.6. The van der Waals surface area contributed by atoms with Crippen LogP contribution >= 0.6 is 11.8 Å². The molecule has 43 heavy (non-hydrogen) atoms. The number of ether oxygens (including phenoxy) is 1. The second-order valence-electron chi connectivity index (χ2n) is 10.2. The first-order valence-electron chi connectivity index (χ1n) is 13.5. The molecule has 4 aromatic rings. The Labute approximate surface area is 251 Å². The molecule has 0 saturated carbocycles. The van der Waals surface area contributed by atoms with Gasteiger partial charge in [0.05, 0.1) is 5.69 Å². The van der Waals surface area contributed by atoms with Gasteiger partial charge in [-0.25, -0.2) is 19.5 Å². The number of halogens is 3. The van der Waals surface area contributed by atoms with Crippen molar-refractivity contribution in [2.45, 2.75) is 40.0 Å². The minimum absolute atomic E-state index is 0.143. The quantitative estimate of drug-likeness (QED) is 0.210. The van der Waals surface area contributed by atoms with Crippen LogP contribution in [0.15, 0.2) is 77.0 Å². The van der Waals surface area contributed by atoms with Gasteiger partial charge in [-0.1, -0.05) is 60.6 Å². The van der Waals surface area contributed by atoms with E-state index in [1.54, 1.807) is 18.0 Å². The van der Waals surface area contributed by atoms with Gasteiger partial charge < -0.3 is 9.64 Å². The Morgan fingerprint density at radius 3 is 2.37 bits per heavy atom. The van der Waals surface area contributed by atoms with E-state index in [2.05, 4.69) is 62.6 Å². The van der Waals surface area contributed by atoms with Crippen molar-refractivity contribution >= 4 is 34.9 Å². The fourth-order valence-electron chi connectivity index (χ4n) is 4.93. The third-order valence-electron chi connectivity index (χ3n) is 6.80. The second kappa shape index (κ2) is 12.4. The lowest BCUT2D eigenvalue weighted by Gasteiger charge is -2.22. The highest BCUT2D eigenvalue weighted by Crippen LogP contribution is 2.32. The van der Waals surface area contributed by atoms with Crippen molar-refractivity contribution in [1.82, 2.24) is 14.8 Å². The molecule has 1 fully saturated rings. The van der Waals surface area contributed by atoms with Gasteiger partial charge in [-0.05, 0) is 61.7 Å². The maximum absolute atomic E-state index is 12.7. The number of aryl methyl sites for hydroxylation is 3. The normalized spacial score (nSPS) is 15.4. The number of carbonyl (C=O) groups is 1. The molecular formula is C31H29F3N6O2S. The second-order valence-corrected chi connectivity index (χ2v) is 11.2. The van der Waals surface area contributed by atoms with E-state index in [-0.39, 0.29) is 11.7 Å². The molecule has 12 heteroatoms. The zero-order valence-corrected chi connectivity index (χ0v) is 24.8. The number of amides is 2. The lowest BCUT2D eigenvalue weighted by molar-refractivity contribution is -0.274. The van der Waals surface area contributed by atoms with Crippen molar-refractivity contribution in [2.75, 3.05) is 17.2 Å². The van der Waals surface area contributed by atoms with E-state index in [9.17, 15) is 18.0 Å². The summed E-state index contributed by atoms with van der Waals surface area (Å²) < 4.78 is 42.6. The molecule has 0 radical (unpaired) electrons. The van der Waals surface area contributed by atoms with Crippen LogP contribution in [0.5, 0.6) is 5.75 Å². The number of carbonyl (C=O) groups excluding carboxylic acids is 1. The van der Waals surface area contributed by atoms with Crippen LogP contribution in [-0.4, -0.2) is 50.8 Å². The minimum Gasteiger partial charge on any atom is -0.406 e. The first kappa shape index (κ1) is 30.0. The maximum atomic E-state index is 12.7. The van der Waals surface area contributed by atoms with E-state index in [0.717, 1.165) is 40.2 Å². The Kier molecular flexibility index (Phi) is 8.67. The summed E-state index contributed by atoms with van der Waals surface area (Å²) in [5.41, 5.74) is 6.82. The average molecular weight is 607 g/mol. The molecule has 1 aliphatic rings. The number of hydrogen-bond acceptors (Lipinski definition) is 5. The van der Waals surface area contributed by atoms with Crippen LogP contribution in [0.3, 0.4) is 0 Å². The molecule has 1 unspecified atom stereocenters. The maximum Gasteiger partial charge on any atom is 0.573 e. The Balaban J connectivity index is 1.23. The summed E-state index contributed by atoms with van der Waals surface area (Å²) in [6.45, 7) is 8.94. The van der Waals surface area contributed by atoms with Crippen molar-refractivity contribution in [1.29, 1.82) is 0 Å². The van der Waals surface area contributed by atoms with Crippen molar-refractivity contribution in [3.05, 3.63) is 89.2 Å². The number of hydrogen-bond donors (Lipinski definition) is 0. The predicted octanol–water partition coefficient (Wildman–Crippen LogP) is 7.66. The number of nitrogens with zero attached hydrogens (tertiary/aromatic N) is 6. The summed E-state index contributed by atoms with van der Waals surface area (Å²) in [6.07, 6.45) is -1.68. The zero-order chi connectivity index (χ0) is 30.7. The molecule has 222 valence electrons. The number of aliphatic imine (C=N–C) groups is 2. The Bertz CT molecular complexity index is 1660. The first-order valence-corrected chi connectivity index (χ1v) is 14.5. The standard InChI is InChI=1S/C31H29F3N6O2S/c1-19-15-20(2)27(21(3)16-19)39-13-14-43-30(39)37-29(41)35-17-22(4)23-5-7-24(8-6-23)28-36-18-40(38-28)25-9-11-26(12-10-25)42-31(32,33)34/h5-12,15-18,22H,13-14H2,1-4H3. The number of anilines is 1. The van der Waals surface area contributed by atoms with Gasteiger partial charge in [0.25, 0.3) is 0 Å². The van der Waals surface area contributed by atoms with E-state index >= 15 is 0 Å². The molecule has 1 saturated heterocycles. The van der Waals surface area contributed by atoms with Gasteiger partial charge >= 0.3 is 12.4 Å². The van der Waals surface area contributed by atoms with Gasteiger partial charge in [-0.3, -0.25) is 0 Å². The smallest absolute Gasteiger partial charge is 0.406 e. The van der Waals surface area contributed by atoms with Gasteiger partial charge in [0.2, 0.25) is 0 Å². The highest BCUT2D eigenvalue weighted by Gasteiger charge is 2.31. The lowest BCUT2D eigenvalue weighted by atomic mass is 10.0. The van der Waals surface area contributed by atoms with Crippen LogP contribution < -0.4 is 9.64 Å². The molecule has 0 spiro atoms. The molecule has 2 heterocycles. The summed E-state index contributed by atoms with van der Waals surface area (Å²) in [5.74, 6) is 0.842. The average Bonchev–Trinajstić information content (AvgIpc) is 3.61. The van der Waals surface area contributed by atoms with Crippen LogP contribution in [0.2, 0.25) is 0 Å². The topological polar surface area (TPSA) is 85.0 Å². The van der Waals surface area contributed by atoms with E-state index in [1.807, 2.05) is 31.2 Å². The molecular weight excluding hydrogens is 577 g/mol. The molecule has 0 aliphatic carbocycles. The summed E-state index contributed by atoms with van der Waals surface area (Å²) in [4.78, 5) is 27.5. The number of thioether (sulfide) groups is 1. The highest BCUT2D eigenvalue weighted by molar-refractivity contribution is 8.14. The van der Waals surface area contributed by atoms with Crippen molar-refractivity contribution in [3.63, 3.8) is 0 Å². The summed E-state index contributed by atoms with van der Waals surface area (Å²) in [7, 11) is 0. The molecule has 5 rings (SSSR count). The fraction of sp³-hybridized carbons (Fsp3) is 0.258. The Morgan fingerprint density at radius 2 is 1.72 bits per heavy atom. The first-order chi connectivity index (χ1) is 20.5. The summed E-state index contributed by atoms with van der Waals surface area (Å²) >= 11 is 1.55. The number of alkyl halides is 3. The molecule has 2 amide bonds. The van der Waals surface area contributed by atoms with Gasteiger partial charge in [-0.2, -0.15) is 4.99 Å². The van der Waals surface area contributed by atoms with Gasteiger partial charge in [0, 0.05) is 35.7 Å². The largest absolute Gasteiger partial charge is 0.573 e. The van der Waals surface area contributed by atoms with Gasteiger partial charge in [0.1, 0.15) is 12.1 Å². The zero-order valence-electron chi connectivity index (χ0n) is 24.0. The SMILES string of the molecule is Cc1cc(C)c(N2CCSC2=NC(=O)N=CC(C)c2ccc(-c3ncn(-c4ccc(OC(F)(F)F)cc4)n3)cc2)c(C)c1. The third kappa shape index (κ3) is 7.31. The van der Waals surface area contributed by atoms with Crippen molar-refractivity contribution < 1.29 is 22.7 Å². The van der Waals surface area contributed by atoms with E-state index in [0.29, 0.717) is 16.7 Å². The van der Waals surface area contributed by atoms with E-state index < -0.39 is 12.4 Å². The molecule has 1 atom stereocenters. The van der Waals surface area contributed by atoms with E-state index in [1.165, 1.54) is 40.8 Å². The number of urea groups is 1. The Hall–Kier alpha value is -4.45. The molecule has 0 N–H and O–H groups in total. The molecule has 0 bridgehead atoms. The van der Waals surface area contributed by atoms with Crippen LogP contribution in [0.1, 0.15) is 35.1 Å². The molecule has 1 aliphatic heterocycles. The summed E-state index contributed by atoms with van der Waals surface area (Å²) in [5, 5.41) is 5.09. The number of benzene rings is 3. The Morgan fingerprint density at radius 1 is 1.05 bits per heavy atom. The van der Waals surface area contributed by atoms with Crippen molar-refractivity contribution in [3.8, 4) is 22.8 Å². The molecule has 8 nitrogen and oxygen atoms in total. The molecule has 3 aromatic carbocycles. The number of amidine groups is 1. The third-order valence-corrected chi connectivity index (χ3v) is 7.76. The van der Waals surface area contributed by atoms with Crippen molar-refractivity contribution in [2.24, 2.45) is 9.98 Å². The van der Waals surface area contributed by atoms with Gasteiger partial charge in [0.15, 0.2) is 11.0 Å². The molecule has 1 aromatic heterocycles. The highest BCUT2D eigenvalue weighted by atomic mass is 32.2. The van der Waals surface area contributed by atoms with Crippen LogP contribution in [-0.2, 0) is 0 Å². The number of aromatic nitrogens is 3. The van der Waals surface area contributed by atoms with Crippen LogP contribution in [0.25, 0.3) is 17.1 Å². The predicted molar refractivity (Wildman–Crippen MR) is 164 cm³/mol. The van der Waals surface area contributed by atoms with E-state index in [4.69, 9.17) is 0 Å². The number of rotatable bonds is 6. The lowest BCUT2D eigenvalue weighted by Crippen LogP contribution is -2.26.